The largest absolute Gasteiger partial charge is 0.481 e. The number of carbonyl (C=O) groups excluding carboxylic acids is 2. The molecule has 2 aliphatic carbocycles. The molecule has 2 aliphatic rings. The predicted molar refractivity (Wildman–Crippen MR) is 120 cm³/mol. The van der Waals surface area contributed by atoms with Crippen molar-refractivity contribution in [3.63, 3.8) is 0 Å². The van der Waals surface area contributed by atoms with Gasteiger partial charge in [0.1, 0.15) is 12.6 Å². The molecule has 0 radical (unpaired) electrons. The molecule has 2 aromatic carbocycles. The lowest BCUT2D eigenvalue weighted by Crippen LogP contribution is -2.48. The van der Waals surface area contributed by atoms with Gasteiger partial charge in [0, 0.05) is 17.9 Å². The van der Waals surface area contributed by atoms with Gasteiger partial charge < -0.3 is 20.5 Å². The van der Waals surface area contributed by atoms with Crippen LogP contribution < -0.4 is 10.6 Å². The van der Waals surface area contributed by atoms with E-state index in [-0.39, 0.29) is 25.4 Å². The van der Waals surface area contributed by atoms with E-state index in [1.54, 1.807) is 5.32 Å². The van der Waals surface area contributed by atoms with Gasteiger partial charge in [-0.3, -0.25) is 9.59 Å². The van der Waals surface area contributed by atoms with Crippen LogP contribution in [0.25, 0.3) is 11.1 Å². The number of carboxylic acid groups (broad SMARTS) is 1. The number of hydrogen-bond acceptors (Lipinski definition) is 4. The van der Waals surface area contributed by atoms with E-state index >= 15 is 0 Å². The second-order valence-corrected chi connectivity index (χ2v) is 8.88. The maximum Gasteiger partial charge on any atom is 0.409 e. The summed E-state index contributed by atoms with van der Waals surface area (Å²) < 4.78 is 44.6. The molecule has 0 bridgehead atoms. The standard InChI is InChI=1S/C25H25F3N2O5/c26-25(27,28)21(12-22(31)32)30-23(33)14-9-10-15(11-14)29-24(34)35-13-20-18-7-3-1-5-16(18)17-6-2-4-8-19(17)20/h1-8,14-15,20-21H,9-13H2,(H,29,34)(H,30,33)(H,31,32)/t14-,15+,21?/m1/s1. The van der Waals surface area contributed by atoms with Gasteiger partial charge in [-0.25, -0.2) is 4.79 Å². The number of carboxylic acids is 1. The topological polar surface area (TPSA) is 105 Å². The Bertz CT molecular complexity index is 1070. The molecule has 0 spiro atoms. The highest BCUT2D eigenvalue weighted by molar-refractivity contribution is 5.81. The van der Waals surface area contributed by atoms with Gasteiger partial charge in [-0.15, -0.1) is 0 Å². The van der Waals surface area contributed by atoms with Gasteiger partial charge >= 0.3 is 18.2 Å². The Balaban J connectivity index is 1.29. The van der Waals surface area contributed by atoms with Crippen molar-refractivity contribution in [1.82, 2.24) is 10.6 Å². The fraction of sp³-hybridized carbons (Fsp3) is 0.400. The maximum absolute atomic E-state index is 13.0. The van der Waals surface area contributed by atoms with Crippen molar-refractivity contribution in [2.24, 2.45) is 5.92 Å². The Kier molecular flexibility index (Phi) is 7.00. The van der Waals surface area contributed by atoms with Crippen molar-refractivity contribution in [1.29, 1.82) is 0 Å². The van der Waals surface area contributed by atoms with E-state index in [9.17, 15) is 27.6 Å². The molecule has 1 saturated carbocycles. The molecule has 0 aromatic heterocycles. The van der Waals surface area contributed by atoms with Gasteiger partial charge in [0.25, 0.3) is 0 Å². The number of amides is 2. The number of halogens is 3. The normalized spacial score (nSPS) is 20.0. The molecule has 0 saturated heterocycles. The van der Waals surface area contributed by atoms with E-state index < -0.39 is 48.6 Å². The summed E-state index contributed by atoms with van der Waals surface area (Å²) in [6.07, 6.45) is -5.95. The summed E-state index contributed by atoms with van der Waals surface area (Å²) in [7, 11) is 0. The second-order valence-electron chi connectivity index (χ2n) is 8.88. The molecule has 4 rings (SSSR count). The van der Waals surface area contributed by atoms with Crippen molar-refractivity contribution >= 4 is 18.0 Å². The molecule has 1 fully saturated rings. The number of nitrogens with one attached hydrogen (secondary N) is 2. The number of rotatable bonds is 7. The lowest BCUT2D eigenvalue weighted by molar-refractivity contribution is -0.170. The molecule has 1 unspecified atom stereocenters. The summed E-state index contributed by atoms with van der Waals surface area (Å²) >= 11 is 0. The monoisotopic (exact) mass is 490 g/mol. The van der Waals surface area contributed by atoms with Crippen LogP contribution >= 0.6 is 0 Å². The van der Waals surface area contributed by atoms with Gasteiger partial charge in [-0.2, -0.15) is 13.2 Å². The SMILES string of the molecule is O=C(O)CC(NC(=O)[C@@H]1CC[C@H](NC(=O)OCC2c3ccccc3-c3ccccc32)C1)C(F)(F)F. The summed E-state index contributed by atoms with van der Waals surface area (Å²) in [5.41, 5.74) is 4.34. The van der Waals surface area contributed by atoms with E-state index in [1.807, 2.05) is 48.5 Å². The van der Waals surface area contributed by atoms with E-state index in [0.717, 1.165) is 22.3 Å². The Morgan fingerprint density at radius 3 is 2.17 bits per heavy atom. The molecular formula is C25H25F3N2O5. The predicted octanol–water partition coefficient (Wildman–Crippen LogP) is 4.22. The van der Waals surface area contributed by atoms with Crippen molar-refractivity contribution in [2.45, 2.75) is 49.9 Å². The number of hydrogen-bond donors (Lipinski definition) is 3. The molecule has 35 heavy (non-hydrogen) atoms. The Morgan fingerprint density at radius 1 is 1.00 bits per heavy atom. The number of benzene rings is 2. The summed E-state index contributed by atoms with van der Waals surface area (Å²) in [5.74, 6) is -3.39. The zero-order chi connectivity index (χ0) is 25.2. The van der Waals surface area contributed by atoms with E-state index in [1.165, 1.54) is 0 Å². The van der Waals surface area contributed by atoms with Crippen molar-refractivity contribution in [2.75, 3.05) is 6.61 Å². The lowest BCUT2D eigenvalue weighted by atomic mass is 9.98. The third-order valence-electron chi connectivity index (χ3n) is 6.56. The Labute approximate surface area is 199 Å². The molecule has 3 N–H and O–H groups in total. The van der Waals surface area contributed by atoms with Crippen LogP contribution in [-0.4, -0.2) is 47.9 Å². The molecule has 2 aromatic rings. The fourth-order valence-electron chi connectivity index (χ4n) is 4.87. The highest BCUT2D eigenvalue weighted by Gasteiger charge is 2.43. The summed E-state index contributed by atoms with van der Waals surface area (Å²) in [6, 6.07) is 12.9. The zero-order valence-electron chi connectivity index (χ0n) is 18.7. The summed E-state index contributed by atoms with van der Waals surface area (Å²) in [5, 5.41) is 13.2. The van der Waals surface area contributed by atoms with Crippen LogP contribution in [-0.2, 0) is 14.3 Å². The zero-order valence-corrected chi connectivity index (χ0v) is 18.7. The molecule has 186 valence electrons. The Morgan fingerprint density at radius 2 is 1.60 bits per heavy atom. The highest BCUT2D eigenvalue weighted by atomic mass is 19.4. The van der Waals surface area contributed by atoms with Crippen LogP contribution in [0.4, 0.5) is 18.0 Å². The van der Waals surface area contributed by atoms with Gasteiger partial charge in [-0.05, 0) is 41.5 Å². The molecular weight excluding hydrogens is 465 g/mol. The number of ether oxygens (including phenoxy) is 1. The first kappa shape index (κ1) is 24.6. The first-order chi connectivity index (χ1) is 16.6. The van der Waals surface area contributed by atoms with Crippen molar-refractivity contribution in [3.8, 4) is 11.1 Å². The number of alkyl halides is 3. The molecule has 10 heteroatoms. The number of alkyl carbamates (subject to hydrolysis) is 1. The Hall–Kier alpha value is -3.56. The molecule has 7 nitrogen and oxygen atoms in total. The molecule has 2 amide bonds. The molecule has 3 atom stereocenters. The quantitative estimate of drug-likeness (QED) is 0.539. The third kappa shape index (κ3) is 5.58. The van der Waals surface area contributed by atoms with Crippen LogP contribution in [0, 0.1) is 5.92 Å². The summed E-state index contributed by atoms with van der Waals surface area (Å²) in [6.45, 7) is 0.124. The van der Waals surface area contributed by atoms with Crippen LogP contribution in [0.15, 0.2) is 48.5 Å². The highest BCUT2D eigenvalue weighted by Crippen LogP contribution is 2.44. The average Bonchev–Trinajstić information content (AvgIpc) is 3.39. The van der Waals surface area contributed by atoms with E-state index in [2.05, 4.69) is 5.32 Å². The van der Waals surface area contributed by atoms with Crippen molar-refractivity contribution in [3.05, 3.63) is 59.7 Å². The number of carbonyl (C=O) groups is 3. The van der Waals surface area contributed by atoms with Crippen LogP contribution in [0.3, 0.4) is 0 Å². The van der Waals surface area contributed by atoms with Crippen LogP contribution in [0.1, 0.15) is 42.7 Å². The van der Waals surface area contributed by atoms with Gasteiger partial charge in [0.15, 0.2) is 0 Å². The van der Waals surface area contributed by atoms with Gasteiger partial charge in [0.2, 0.25) is 5.91 Å². The van der Waals surface area contributed by atoms with Crippen molar-refractivity contribution < 1.29 is 37.4 Å². The average molecular weight is 490 g/mol. The van der Waals surface area contributed by atoms with E-state index in [0.29, 0.717) is 6.42 Å². The number of aliphatic carboxylic acids is 1. The smallest absolute Gasteiger partial charge is 0.409 e. The first-order valence-electron chi connectivity index (χ1n) is 11.3. The van der Waals surface area contributed by atoms with Crippen LogP contribution in [0.2, 0.25) is 0 Å². The third-order valence-corrected chi connectivity index (χ3v) is 6.56. The van der Waals surface area contributed by atoms with Crippen LogP contribution in [0.5, 0.6) is 0 Å². The first-order valence-corrected chi connectivity index (χ1v) is 11.3. The van der Waals surface area contributed by atoms with Gasteiger partial charge in [-0.1, -0.05) is 48.5 Å². The fourth-order valence-corrected chi connectivity index (χ4v) is 4.87. The van der Waals surface area contributed by atoms with E-state index in [4.69, 9.17) is 9.84 Å². The molecule has 0 heterocycles. The number of fused-ring (bicyclic) bond motifs is 3. The van der Waals surface area contributed by atoms with Gasteiger partial charge in [0.05, 0.1) is 6.42 Å². The molecule has 0 aliphatic heterocycles. The minimum atomic E-state index is -4.87. The minimum absolute atomic E-state index is 0.108. The minimum Gasteiger partial charge on any atom is -0.481 e. The lowest BCUT2D eigenvalue weighted by Gasteiger charge is -2.22. The maximum atomic E-state index is 13.0. The second kappa shape index (κ2) is 9.97. The summed E-state index contributed by atoms with van der Waals surface area (Å²) in [4.78, 5) is 35.5.